The van der Waals surface area contributed by atoms with Gasteiger partial charge in [-0.05, 0) is 37.6 Å². The first-order chi connectivity index (χ1) is 13.3. The van der Waals surface area contributed by atoms with Crippen molar-refractivity contribution >= 4 is 39.9 Å². The second kappa shape index (κ2) is 8.05. The molecule has 0 aliphatic carbocycles. The number of nitrogens with one attached hydrogen (secondary N) is 2. The molecule has 0 saturated heterocycles. The lowest BCUT2D eigenvalue weighted by Crippen LogP contribution is -2.18. The molecule has 0 bridgehead atoms. The molecule has 3 aromatic rings. The predicted octanol–water partition coefficient (Wildman–Crippen LogP) is 2.89. The van der Waals surface area contributed by atoms with Gasteiger partial charge in [0.2, 0.25) is 11.8 Å². The normalized spacial score (nSPS) is 10.5. The van der Waals surface area contributed by atoms with Crippen LogP contribution in [0.2, 0.25) is 0 Å². The number of amides is 3. The van der Waals surface area contributed by atoms with Crippen LogP contribution in [-0.2, 0) is 11.2 Å². The lowest BCUT2D eigenvalue weighted by atomic mass is 10.1. The molecule has 2 aromatic heterocycles. The maximum Gasteiger partial charge on any atom is 0.260 e. The highest BCUT2D eigenvalue weighted by Gasteiger charge is 2.15. The smallest absolute Gasteiger partial charge is 0.260 e. The van der Waals surface area contributed by atoms with E-state index in [4.69, 9.17) is 10.2 Å². The third-order valence-electron chi connectivity index (χ3n) is 4.09. The van der Waals surface area contributed by atoms with Gasteiger partial charge in [0.25, 0.3) is 5.91 Å². The van der Waals surface area contributed by atoms with Gasteiger partial charge in [0.05, 0.1) is 23.9 Å². The molecule has 3 rings (SSSR count). The minimum absolute atomic E-state index is 0.0251. The number of carbonyl (C=O) groups is 3. The maximum atomic E-state index is 12.3. The number of aromatic nitrogens is 1. The monoisotopic (exact) mass is 398 g/mol. The predicted molar refractivity (Wildman–Crippen MR) is 106 cm³/mol. The third kappa shape index (κ3) is 4.26. The van der Waals surface area contributed by atoms with Crippen LogP contribution >= 0.6 is 11.3 Å². The molecule has 0 saturated carbocycles. The second-order valence-corrected chi connectivity index (χ2v) is 6.91. The topological polar surface area (TPSA) is 127 Å². The largest absolute Gasteiger partial charge is 0.469 e. The van der Waals surface area contributed by atoms with Gasteiger partial charge in [-0.1, -0.05) is 6.07 Å². The minimum Gasteiger partial charge on any atom is -0.469 e. The highest BCUT2D eigenvalue weighted by Crippen LogP contribution is 2.21. The Balaban J connectivity index is 1.63. The summed E-state index contributed by atoms with van der Waals surface area (Å²) in [5.41, 5.74) is 7.74. The lowest BCUT2D eigenvalue weighted by Gasteiger charge is -2.10. The molecule has 9 heteroatoms. The van der Waals surface area contributed by atoms with Crippen LogP contribution in [0.4, 0.5) is 10.8 Å². The summed E-state index contributed by atoms with van der Waals surface area (Å²) in [4.78, 5) is 40.2. The van der Waals surface area contributed by atoms with Crippen molar-refractivity contribution in [3.8, 4) is 0 Å². The number of nitrogens with zero attached hydrogens (tertiary/aromatic N) is 1. The van der Waals surface area contributed by atoms with Gasteiger partial charge < -0.3 is 15.5 Å². The SMILES string of the molecule is Cc1occc1C(=O)Nc1nc(CC(=O)Nc2cccc(C(N)=O)c2C)cs1. The number of carbonyl (C=O) groups excluding carboxylic acids is 3. The van der Waals surface area contributed by atoms with E-state index >= 15 is 0 Å². The summed E-state index contributed by atoms with van der Waals surface area (Å²) >= 11 is 1.22. The summed E-state index contributed by atoms with van der Waals surface area (Å²) in [7, 11) is 0. The van der Waals surface area contributed by atoms with Crippen molar-refractivity contribution in [3.05, 3.63) is 64.1 Å². The van der Waals surface area contributed by atoms with Crippen LogP contribution in [-0.4, -0.2) is 22.7 Å². The van der Waals surface area contributed by atoms with E-state index in [2.05, 4.69) is 15.6 Å². The van der Waals surface area contributed by atoms with Crippen molar-refractivity contribution in [2.45, 2.75) is 20.3 Å². The zero-order valence-electron chi connectivity index (χ0n) is 15.2. The average molecular weight is 398 g/mol. The molecule has 0 unspecified atom stereocenters. The van der Waals surface area contributed by atoms with Gasteiger partial charge in [-0.15, -0.1) is 11.3 Å². The zero-order chi connectivity index (χ0) is 20.3. The Morgan fingerprint density at radius 2 is 1.93 bits per heavy atom. The zero-order valence-corrected chi connectivity index (χ0v) is 16.1. The highest BCUT2D eigenvalue weighted by molar-refractivity contribution is 7.14. The van der Waals surface area contributed by atoms with Gasteiger partial charge in [-0.25, -0.2) is 4.98 Å². The van der Waals surface area contributed by atoms with Gasteiger partial charge in [0.1, 0.15) is 5.76 Å². The molecule has 0 spiro atoms. The molecule has 0 aliphatic rings. The van der Waals surface area contributed by atoms with Crippen molar-refractivity contribution < 1.29 is 18.8 Å². The number of thiazole rings is 1. The van der Waals surface area contributed by atoms with E-state index in [-0.39, 0.29) is 18.2 Å². The van der Waals surface area contributed by atoms with E-state index in [9.17, 15) is 14.4 Å². The summed E-state index contributed by atoms with van der Waals surface area (Å²) in [6.07, 6.45) is 1.47. The van der Waals surface area contributed by atoms with Crippen LogP contribution in [0, 0.1) is 13.8 Å². The van der Waals surface area contributed by atoms with Gasteiger partial charge in [-0.2, -0.15) is 0 Å². The fraction of sp³-hybridized carbons (Fsp3) is 0.158. The first-order valence-electron chi connectivity index (χ1n) is 8.34. The van der Waals surface area contributed by atoms with Crippen molar-refractivity contribution in [1.82, 2.24) is 4.98 Å². The Bertz CT molecular complexity index is 1050. The third-order valence-corrected chi connectivity index (χ3v) is 4.90. The van der Waals surface area contributed by atoms with Crippen LogP contribution in [0.25, 0.3) is 0 Å². The van der Waals surface area contributed by atoms with Crippen molar-refractivity contribution in [2.75, 3.05) is 10.6 Å². The summed E-state index contributed by atoms with van der Waals surface area (Å²) in [5.74, 6) is -0.655. The minimum atomic E-state index is -0.554. The standard InChI is InChI=1S/C19H18N4O4S/c1-10-13(17(20)25)4-3-5-15(10)22-16(24)8-12-9-28-19(21-12)23-18(26)14-6-7-27-11(14)2/h3-7,9H,8H2,1-2H3,(H2,20,25)(H,22,24)(H,21,23,26). The summed E-state index contributed by atoms with van der Waals surface area (Å²) < 4.78 is 5.11. The van der Waals surface area contributed by atoms with Gasteiger partial charge in [-0.3, -0.25) is 19.7 Å². The molecular formula is C19H18N4O4S. The van der Waals surface area contributed by atoms with Crippen molar-refractivity contribution in [2.24, 2.45) is 5.73 Å². The molecule has 0 atom stereocenters. The molecule has 3 amide bonds. The maximum absolute atomic E-state index is 12.3. The Labute approximate surface area is 164 Å². The number of benzene rings is 1. The number of rotatable bonds is 6. The molecule has 0 radical (unpaired) electrons. The first-order valence-corrected chi connectivity index (χ1v) is 9.22. The van der Waals surface area contributed by atoms with E-state index in [1.165, 1.54) is 17.6 Å². The van der Waals surface area contributed by atoms with Crippen LogP contribution < -0.4 is 16.4 Å². The Morgan fingerprint density at radius 1 is 1.14 bits per heavy atom. The van der Waals surface area contributed by atoms with Crippen molar-refractivity contribution in [1.29, 1.82) is 0 Å². The second-order valence-electron chi connectivity index (χ2n) is 6.06. The number of furan rings is 1. The number of hydrogen-bond donors (Lipinski definition) is 3. The van der Waals surface area contributed by atoms with E-state index < -0.39 is 5.91 Å². The number of hydrogen-bond acceptors (Lipinski definition) is 6. The van der Waals surface area contributed by atoms with E-state index in [0.29, 0.717) is 39.0 Å². The van der Waals surface area contributed by atoms with E-state index in [1.807, 2.05) is 0 Å². The number of primary amides is 1. The quantitative estimate of drug-likeness (QED) is 0.588. The van der Waals surface area contributed by atoms with E-state index in [0.717, 1.165) is 0 Å². The molecule has 1 aromatic carbocycles. The molecule has 0 fully saturated rings. The number of anilines is 2. The van der Waals surface area contributed by atoms with E-state index in [1.54, 1.807) is 43.5 Å². The number of aryl methyl sites for hydroxylation is 1. The highest BCUT2D eigenvalue weighted by atomic mass is 32.1. The summed E-state index contributed by atoms with van der Waals surface area (Å²) in [5, 5.41) is 7.52. The first kappa shape index (κ1) is 19.3. The van der Waals surface area contributed by atoms with Crippen LogP contribution in [0.5, 0.6) is 0 Å². The van der Waals surface area contributed by atoms with Crippen LogP contribution in [0.1, 0.15) is 37.7 Å². The summed E-state index contributed by atoms with van der Waals surface area (Å²) in [6.45, 7) is 3.41. The Kier molecular flexibility index (Phi) is 5.55. The van der Waals surface area contributed by atoms with Crippen LogP contribution in [0.3, 0.4) is 0 Å². The average Bonchev–Trinajstić information content (AvgIpc) is 3.25. The van der Waals surface area contributed by atoms with Gasteiger partial charge >= 0.3 is 0 Å². The molecule has 2 heterocycles. The van der Waals surface area contributed by atoms with Gasteiger partial charge in [0.15, 0.2) is 5.13 Å². The molecule has 144 valence electrons. The van der Waals surface area contributed by atoms with Crippen molar-refractivity contribution in [3.63, 3.8) is 0 Å². The molecular weight excluding hydrogens is 380 g/mol. The molecule has 28 heavy (non-hydrogen) atoms. The lowest BCUT2D eigenvalue weighted by molar-refractivity contribution is -0.115. The molecule has 0 aliphatic heterocycles. The summed E-state index contributed by atoms with van der Waals surface area (Å²) in [6, 6.07) is 6.52. The molecule has 4 N–H and O–H groups in total. The van der Waals surface area contributed by atoms with Gasteiger partial charge in [0, 0.05) is 16.6 Å². The Morgan fingerprint density at radius 3 is 2.61 bits per heavy atom. The molecule has 8 nitrogen and oxygen atoms in total. The van der Waals surface area contributed by atoms with Crippen LogP contribution in [0.15, 0.2) is 40.3 Å². The number of nitrogens with two attached hydrogens (primary N) is 1. The fourth-order valence-electron chi connectivity index (χ4n) is 2.63. The Hall–Kier alpha value is -3.46. The fourth-order valence-corrected chi connectivity index (χ4v) is 3.33.